The van der Waals surface area contributed by atoms with E-state index >= 15 is 0 Å². The molecule has 1 saturated heterocycles. The van der Waals surface area contributed by atoms with Crippen molar-refractivity contribution < 1.29 is 48.1 Å². The third-order valence-electron chi connectivity index (χ3n) is 15.3. The molecule has 1 aromatic carbocycles. The number of carbonyl (C=O) groups is 7. The van der Waals surface area contributed by atoms with Gasteiger partial charge >= 0.3 is 5.97 Å². The van der Waals surface area contributed by atoms with E-state index in [1.54, 1.807) is 42.8 Å². The second-order valence-corrected chi connectivity index (χ2v) is 22.5. The number of unbranched alkanes of at least 4 members (excludes halogenated alkanes) is 3. The van der Waals surface area contributed by atoms with Gasteiger partial charge in [-0.1, -0.05) is 126 Å². The van der Waals surface area contributed by atoms with E-state index in [1.165, 1.54) is 7.11 Å². The fourth-order valence-electron chi connectivity index (χ4n) is 11.1. The van der Waals surface area contributed by atoms with E-state index in [0.717, 1.165) is 37.7 Å². The Morgan fingerprint density at radius 2 is 1.30 bits per heavy atom. The van der Waals surface area contributed by atoms with Gasteiger partial charge in [-0.05, 0) is 80.1 Å². The number of ketones is 3. The quantitative estimate of drug-likeness (QED) is 0.0647. The van der Waals surface area contributed by atoms with E-state index in [2.05, 4.69) is 27.7 Å². The van der Waals surface area contributed by atoms with Gasteiger partial charge in [-0.25, -0.2) is 0 Å². The molecule has 71 heavy (non-hydrogen) atoms. The molecule has 13 heteroatoms. The van der Waals surface area contributed by atoms with E-state index in [0.29, 0.717) is 62.7 Å². The van der Waals surface area contributed by atoms with Gasteiger partial charge in [-0.15, -0.1) is 0 Å². The van der Waals surface area contributed by atoms with E-state index in [1.807, 2.05) is 71.9 Å². The minimum absolute atomic E-state index is 0.0284. The molecular weight excluding hydrogens is 899 g/mol. The number of rotatable bonds is 35. The predicted octanol–water partition coefficient (Wildman–Crippen LogP) is 10.1. The zero-order chi connectivity index (χ0) is 53.7. The summed E-state index contributed by atoms with van der Waals surface area (Å²) in [5.41, 5.74) is 0.836. The summed E-state index contributed by atoms with van der Waals surface area (Å²) in [6, 6.07) is 7.61. The molecule has 1 aliphatic heterocycles. The highest BCUT2D eigenvalue weighted by Gasteiger charge is 2.44. The summed E-state index contributed by atoms with van der Waals surface area (Å²) in [4.78, 5) is 101. The van der Waals surface area contributed by atoms with E-state index < -0.39 is 54.1 Å². The maximum Gasteiger partial charge on any atom is 0.307 e. The molecule has 1 heterocycles. The van der Waals surface area contributed by atoms with Crippen molar-refractivity contribution in [1.82, 2.24) is 14.7 Å². The number of likely N-dealkylation sites (N-methyl/N-ethyl adjacent to an activating group) is 2. The van der Waals surface area contributed by atoms with Crippen molar-refractivity contribution in [3.63, 3.8) is 0 Å². The number of hydrogen-bond acceptors (Lipinski definition) is 9. The molecule has 2 rings (SSSR count). The highest BCUT2D eigenvalue weighted by Crippen LogP contribution is 2.32. The third-order valence-corrected chi connectivity index (χ3v) is 15.3. The van der Waals surface area contributed by atoms with Crippen LogP contribution >= 0.6 is 0 Å². The summed E-state index contributed by atoms with van der Waals surface area (Å²) >= 11 is 0. The van der Waals surface area contributed by atoms with E-state index in [9.17, 15) is 38.7 Å². The minimum Gasteiger partial charge on any atom is -0.481 e. The first-order valence-corrected chi connectivity index (χ1v) is 27.1. The summed E-state index contributed by atoms with van der Waals surface area (Å²) in [6.45, 7) is 22.6. The molecule has 9 atom stereocenters. The summed E-state index contributed by atoms with van der Waals surface area (Å²) in [7, 11) is 6.48. The van der Waals surface area contributed by atoms with Crippen molar-refractivity contribution in [2.24, 2.45) is 53.3 Å². The van der Waals surface area contributed by atoms with Crippen LogP contribution in [0.4, 0.5) is 0 Å². The zero-order valence-electron chi connectivity index (χ0n) is 46.7. The van der Waals surface area contributed by atoms with Crippen molar-refractivity contribution in [3.8, 4) is 0 Å². The van der Waals surface area contributed by atoms with Gasteiger partial charge in [0, 0.05) is 78.3 Å². The molecule has 0 aromatic heterocycles. The molecule has 0 saturated carbocycles. The first-order chi connectivity index (χ1) is 33.4. The molecule has 1 N–H and O–H groups in total. The Labute approximate surface area is 429 Å². The van der Waals surface area contributed by atoms with Crippen molar-refractivity contribution in [3.05, 3.63) is 35.9 Å². The van der Waals surface area contributed by atoms with Crippen LogP contribution in [0.25, 0.3) is 0 Å². The first-order valence-electron chi connectivity index (χ1n) is 27.1. The Morgan fingerprint density at radius 1 is 0.704 bits per heavy atom. The van der Waals surface area contributed by atoms with Gasteiger partial charge in [-0.3, -0.25) is 33.6 Å². The van der Waals surface area contributed by atoms with Crippen LogP contribution in [0.3, 0.4) is 0 Å². The number of benzene rings is 1. The van der Waals surface area contributed by atoms with Gasteiger partial charge in [0.15, 0.2) is 5.78 Å². The van der Waals surface area contributed by atoms with Crippen LogP contribution in [0.15, 0.2) is 30.3 Å². The molecular formula is C58H97N3O10. The fourth-order valence-corrected chi connectivity index (χ4v) is 11.1. The lowest BCUT2D eigenvalue weighted by molar-refractivity contribution is -0.150. The summed E-state index contributed by atoms with van der Waals surface area (Å²) in [6.07, 6.45) is 6.57. The van der Waals surface area contributed by atoms with Crippen LogP contribution in [0.5, 0.6) is 0 Å². The number of methoxy groups -OCH3 is 2. The second kappa shape index (κ2) is 31.6. The molecule has 404 valence electrons. The first kappa shape index (κ1) is 63.1. The smallest absolute Gasteiger partial charge is 0.307 e. The Balaban J connectivity index is 2.16. The number of carboxylic acids is 1. The molecule has 0 spiro atoms. The predicted molar refractivity (Wildman–Crippen MR) is 281 cm³/mol. The van der Waals surface area contributed by atoms with Gasteiger partial charge in [0.25, 0.3) is 0 Å². The van der Waals surface area contributed by atoms with Crippen molar-refractivity contribution in [1.29, 1.82) is 0 Å². The van der Waals surface area contributed by atoms with Gasteiger partial charge in [0.2, 0.25) is 17.7 Å². The Bertz CT molecular complexity index is 1810. The number of aliphatic carboxylic acids is 1. The maximum atomic E-state index is 14.7. The molecule has 0 bridgehead atoms. The Morgan fingerprint density at radius 3 is 1.80 bits per heavy atom. The highest BCUT2D eigenvalue weighted by atomic mass is 16.5. The maximum absolute atomic E-state index is 14.7. The van der Waals surface area contributed by atoms with E-state index in [-0.39, 0.29) is 78.6 Å². The van der Waals surface area contributed by atoms with Crippen LogP contribution < -0.4 is 0 Å². The van der Waals surface area contributed by atoms with Crippen LogP contribution in [-0.4, -0.2) is 126 Å². The number of ether oxygens (including phenoxy) is 2. The lowest BCUT2D eigenvalue weighted by atomic mass is 9.83. The molecule has 1 aromatic rings. The minimum atomic E-state index is -1.04. The van der Waals surface area contributed by atoms with Crippen molar-refractivity contribution in [2.75, 3.05) is 34.9 Å². The molecule has 0 aliphatic carbocycles. The van der Waals surface area contributed by atoms with E-state index in [4.69, 9.17) is 9.47 Å². The van der Waals surface area contributed by atoms with Crippen LogP contribution in [0, 0.1) is 53.3 Å². The normalized spacial score (nSPS) is 17.5. The third kappa shape index (κ3) is 19.8. The van der Waals surface area contributed by atoms with Crippen LogP contribution in [-0.2, 0) is 49.5 Å². The Hall–Kier alpha value is -3.97. The molecule has 1 fully saturated rings. The summed E-state index contributed by atoms with van der Waals surface area (Å²) in [5, 5.41) is 10.0. The average molecular weight is 996 g/mol. The number of likely N-dealkylation sites (tertiary alicyclic amines) is 1. The molecule has 0 radical (unpaired) electrons. The summed E-state index contributed by atoms with van der Waals surface area (Å²) < 4.78 is 12.1. The van der Waals surface area contributed by atoms with Gasteiger partial charge in [-0.2, -0.15) is 0 Å². The second-order valence-electron chi connectivity index (χ2n) is 22.5. The molecule has 1 aliphatic rings. The number of carbonyl (C=O) groups excluding carboxylic acids is 6. The van der Waals surface area contributed by atoms with Crippen molar-refractivity contribution >= 4 is 41.0 Å². The molecule has 13 nitrogen and oxygen atoms in total. The lowest BCUT2D eigenvalue weighted by Gasteiger charge is -2.41. The van der Waals surface area contributed by atoms with Crippen LogP contribution in [0.2, 0.25) is 0 Å². The largest absolute Gasteiger partial charge is 0.481 e. The zero-order valence-corrected chi connectivity index (χ0v) is 46.7. The van der Waals surface area contributed by atoms with Gasteiger partial charge in [0.05, 0.1) is 42.7 Å². The van der Waals surface area contributed by atoms with Crippen molar-refractivity contribution in [2.45, 2.75) is 203 Å². The number of carboxylic acid groups (broad SMARTS) is 1. The number of hydrogen-bond donors (Lipinski definition) is 1. The van der Waals surface area contributed by atoms with Gasteiger partial charge in [0.1, 0.15) is 11.6 Å². The topological polar surface area (TPSA) is 168 Å². The Kier molecular flexibility index (Phi) is 28.1. The lowest BCUT2D eigenvalue weighted by Crippen LogP contribution is -2.54. The molecule has 0 unspecified atom stereocenters. The number of amides is 3. The van der Waals surface area contributed by atoms with Crippen LogP contribution in [0.1, 0.15) is 172 Å². The summed E-state index contributed by atoms with van der Waals surface area (Å²) in [5.74, 6) is -3.25. The standard InChI is InChI=1S/C58H97N3O10/c1-16-41(10)55(51(70-14)36-53(66)61-30-24-27-47(61)56(71-15)42(11)49(63)34-45(58(68)69)33-43-25-20-19-21-26-43)60(13)57(67)46(39(6)7)35-50(64)54(40(8)9)59(12)52(65)29-23-18-17-22-28-48(62)44(31-37(2)3)32-38(4)5/h19-21,25-26,37-42,44-47,51,54-56H,16-18,22-24,27-36H2,1-15H3,(H,68,69)/t41-,42-,45+,46-,47-,51+,54-,55-,56+/m0/s1. The highest BCUT2D eigenvalue weighted by molar-refractivity contribution is 5.93. The molecule has 3 amide bonds. The number of nitrogens with zero attached hydrogens (tertiary/aromatic N) is 3. The SMILES string of the molecule is CC[C@H](C)[C@@H]([C@@H](CC(=O)N1CCC[C@H]1[C@H](OC)[C@@H](C)C(=O)C[C@@H](Cc1ccccc1)C(=O)O)OC)N(C)C(=O)[C@@H](CC(=O)[C@H](C(C)C)N(C)C(=O)CCCCCCC(=O)C(CC(C)C)CC(C)C)C(C)C. The van der Waals surface area contributed by atoms with Gasteiger partial charge < -0.3 is 29.3 Å². The monoisotopic (exact) mass is 996 g/mol. The fraction of sp³-hybridized carbons (Fsp3) is 0.776. The average Bonchev–Trinajstić information content (AvgIpc) is 3.80. The number of Topliss-reactive ketones (excluding diaryl/α,β-unsaturated/α-hetero) is 3.